The maximum atomic E-state index is 11.5. The van der Waals surface area contributed by atoms with Crippen LogP contribution in [0, 0.1) is 23.7 Å². The van der Waals surface area contributed by atoms with Gasteiger partial charge >= 0.3 is 5.97 Å². The summed E-state index contributed by atoms with van der Waals surface area (Å²) in [6, 6.07) is 0. The second kappa shape index (κ2) is 2.82. The van der Waals surface area contributed by atoms with E-state index in [9.17, 15) is 9.59 Å². The van der Waals surface area contributed by atoms with Crippen LogP contribution in [0.15, 0.2) is 0 Å². The first-order valence-corrected chi connectivity index (χ1v) is 4.87. The summed E-state index contributed by atoms with van der Waals surface area (Å²) in [6.07, 6.45) is 0.882. The van der Waals surface area contributed by atoms with Crippen LogP contribution in [0.25, 0.3) is 0 Å². The van der Waals surface area contributed by atoms with Crippen molar-refractivity contribution in [3.8, 4) is 0 Å². The molecule has 0 aromatic carbocycles. The predicted octanol–water partition coefficient (Wildman–Crippen LogP) is 1.02. The lowest BCUT2D eigenvalue weighted by atomic mass is 10.0. The largest absolute Gasteiger partial charge is 0.466 e. The van der Waals surface area contributed by atoms with Gasteiger partial charge in [-0.05, 0) is 19.3 Å². The molecule has 2 fully saturated rings. The van der Waals surface area contributed by atoms with E-state index in [1.54, 1.807) is 6.92 Å². The number of carbonyl (C=O) groups is 2. The van der Waals surface area contributed by atoms with Crippen molar-refractivity contribution in [3.63, 3.8) is 0 Å². The van der Waals surface area contributed by atoms with Gasteiger partial charge in [0.2, 0.25) is 0 Å². The molecule has 2 aliphatic rings. The maximum Gasteiger partial charge on any atom is 0.309 e. The number of Topliss-reactive ketones (excluding diaryl/α,β-unsaturated/α-hetero) is 1. The quantitative estimate of drug-likeness (QED) is 0.599. The van der Waals surface area contributed by atoms with Gasteiger partial charge in [0, 0.05) is 11.8 Å². The van der Waals surface area contributed by atoms with Crippen LogP contribution in [-0.2, 0) is 14.3 Å². The Labute approximate surface area is 77.4 Å². The predicted molar refractivity (Wildman–Crippen MR) is 45.9 cm³/mol. The van der Waals surface area contributed by atoms with Crippen molar-refractivity contribution in [2.45, 2.75) is 20.3 Å². The first-order chi connectivity index (χ1) is 6.16. The van der Waals surface area contributed by atoms with Crippen molar-refractivity contribution < 1.29 is 14.3 Å². The Bertz CT molecular complexity index is 259. The van der Waals surface area contributed by atoms with E-state index in [0.29, 0.717) is 12.5 Å². The highest BCUT2D eigenvalue weighted by Crippen LogP contribution is 2.57. The number of esters is 1. The Kier molecular flexibility index (Phi) is 1.90. The molecular weight excluding hydrogens is 168 g/mol. The van der Waals surface area contributed by atoms with Crippen molar-refractivity contribution in [1.29, 1.82) is 0 Å². The molecule has 0 saturated heterocycles. The van der Waals surface area contributed by atoms with Gasteiger partial charge in [-0.15, -0.1) is 0 Å². The third kappa shape index (κ3) is 1.18. The van der Waals surface area contributed by atoms with E-state index in [1.807, 2.05) is 6.92 Å². The zero-order valence-corrected chi connectivity index (χ0v) is 7.95. The number of ether oxygens (including phenoxy) is 1. The molecule has 72 valence electrons. The summed E-state index contributed by atoms with van der Waals surface area (Å²) in [5, 5.41) is 0. The van der Waals surface area contributed by atoms with Crippen LogP contribution in [0.2, 0.25) is 0 Å². The molecule has 13 heavy (non-hydrogen) atoms. The Morgan fingerprint density at radius 1 is 1.62 bits per heavy atom. The standard InChI is InChI=1S/C10H14O3/c1-3-13-10(12)8-6-4-5(2)9(11)7(6)8/h5-8H,3-4H2,1-2H3/t5-,6-,7+,8+/m1/s1. The minimum Gasteiger partial charge on any atom is -0.466 e. The number of hydrogen-bond donors (Lipinski definition) is 0. The molecule has 3 heteroatoms. The number of fused-ring (bicyclic) bond motifs is 1. The lowest BCUT2D eigenvalue weighted by Crippen LogP contribution is -2.17. The van der Waals surface area contributed by atoms with E-state index in [4.69, 9.17) is 4.74 Å². The van der Waals surface area contributed by atoms with Gasteiger partial charge in [0.1, 0.15) is 5.78 Å². The maximum absolute atomic E-state index is 11.5. The summed E-state index contributed by atoms with van der Waals surface area (Å²) in [7, 11) is 0. The van der Waals surface area contributed by atoms with Crippen LogP contribution in [0.4, 0.5) is 0 Å². The molecular formula is C10H14O3. The van der Waals surface area contributed by atoms with Gasteiger partial charge in [0.05, 0.1) is 12.5 Å². The first kappa shape index (κ1) is 8.73. The van der Waals surface area contributed by atoms with Gasteiger partial charge in [0.25, 0.3) is 0 Å². The van der Waals surface area contributed by atoms with E-state index in [1.165, 1.54) is 0 Å². The molecule has 0 N–H and O–H groups in total. The van der Waals surface area contributed by atoms with E-state index >= 15 is 0 Å². The smallest absolute Gasteiger partial charge is 0.309 e. The Balaban J connectivity index is 1.96. The van der Waals surface area contributed by atoms with Crippen LogP contribution in [0.3, 0.4) is 0 Å². The molecule has 0 aliphatic heterocycles. The second-order valence-electron chi connectivity index (χ2n) is 4.01. The zero-order valence-electron chi connectivity index (χ0n) is 7.95. The van der Waals surface area contributed by atoms with E-state index in [0.717, 1.165) is 6.42 Å². The summed E-state index contributed by atoms with van der Waals surface area (Å²) in [4.78, 5) is 22.8. The van der Waals surface area contributed by atoms with Gasteiger partial charge in [-0.25, -0.2) is 0 Å². The lowest BCUT2D eigenvalue weighted by Gasteiger charge is -2.06. The van der Waals surface area contributed by atoms with Crippen molar-refractivity contribution in [2.24, 2.45) is 23.7 Å². The number of carbonyl (C=O) groups excluding carboxylic acids is 2. The van der Waals surface area contributed by atoms with Gasteiger partial charge < -0.3 is 4.74 Å². The number of rotatable bonds is 2. The topological polar surface area (TPSA) is 43.4 Å². The van der Waals surface area contributed by atoms with Crippen LogP contribution in [0.1, 0.15) is 20.3 Å². The molecule has 0 aromatic heterocycles. The lowest BCUT2D eigenvalue weighted by molar-refractivity contribution is -0.146. The summed E-state index contributed by atoms with van der Waals surface area (Å²) in [5.41, 5.74) is 0. The molecule has 0 spiro atoms. The molecule has 2 rings (SSSR count). The summed E-state index contributed by atoms with van der Waals surface area (Å²) < 4.78 is 4.89. The van der Waals surface area contributed by atoms with Gasteiger partial charge in [-0.3, -0.25) is 9.59 Å². The molecule has 0 aromatic rings. The average Bonchev–Trinajstić information content (AvgIpc) is 2.70. The van der Waals surface area contributed by atoms with Crippen LogP contribution in [0.5, 0.6) is 0 Å². The molecule has 0 radical (unpaired) electrons. The Hall–Kier alpha value is -0.860. The van der Waals surface area contributed by atoms with Crippen molar-refractivity contribution in [3.05, 3.63) is 0 Å². The van der Waals surface area contributed by atoms with Gasteiger partial charge in [-0.2, -0.15) is 0 Å². The minimum absolute atomic E-state index is 0.00838. The van der Waals surface area contributed by atoms with Crippen LogP contribution < -0.4 is 0 Å². The number of hydrogen-bond acceptors (Lipinski definition) is 3. The second-order valence-corrected chi connectivity index (χ2v) is 4.01. The third-order valence-corrected chi connectivity index (χ3v) is 3.17. The summed E-state index contributed by atoms with van der Waals surface area (Å²) >= 11 is 0. The van der Waals surface area contributed by atoms with Crippen molar-refractivity contribution in [2.75, 3.05) is 6.61 Å². The van der Waals surface area contributed by atoms with Crippen LogP contribution in [-0.4, -0.2) is 18.4 Å². The molecule has 4 atom stereocenters. The molecule has 0 unspecified atom stereocenters. The van der Waals surface area contributed by atoms with E-state index in [2.05, 4.69) is 0 Å². The first-order valence-electron chi connectivity index (χ1n) is 4.87. The highest BCUT2D eigenvalue weighted by Gasteiger charge is 2.64. The Morgan fingerprint density at radius 2 is 2.31 bits per heavy atom. The SMILES string of the molecule is CCOC(=O)[C@H]1[C@@H]2C[C@@H](C)C(=O)[C@@H]21. The minimum atomic E-state index is -0.169. The number of ketones is 1. The Morgan fingerprint density at radius 3 is 2.77 bits per heavy atom. The monoisotopic (exact) mass is 182 g/mol. The highest BCUT2D eigenvalue weighted by atomic mass is 16.5. The summed E-state index contributed by atoms with van der Waals surface area (Å²) in [5.74, 6) is 0.487. The van der Waals surface area contributed by atoms with Crippen molar-refractivity contribution in [1.82, 2.24) is 0 Å². The fraction of sp³-hybridized carbons (Fsp3) is 0.800. The van der Waals surface area contributed by atoms with Gasteiger partial charge in [-0.1, -0.05) is 6.92 Å². The average molecular weight is 182 g/mol. The summed E-state index contributed by atoms with van der Waals surface area (Å²) in [6.45, 7) is 4.15. The molecule has 0 heterocycles. The fourth-order valence-corrected chi connectivity index (χ4v) is 2.47. The molecule has 0 amide bonds. The molecule has 3 nitrogen and oxygen atoms in total. The molecule has 2 aliphatic carbocycles. The highest BCUT2D eigenvalue weighted by molar-refractivity contribution is 5.96. The van der Waals surface area contributed by atoms with E-state index < -0.39 is 0 Å². The van der Waals surface area contributed by atoms with Gasteiger partial charge in [0.15, 0.2) is 0 Å². The third-order valence-electron chi connectivity index (χ3n) is 3.17. The fourth-order valence-electron chi connectivity index (χ4n) is 2.47. The normalized spacial score (nSPS) is 41.5. The molecule has 0 bridgehead atoms. The van der Waals surface area contributed by atoms with Crippen molar-refractivity contribution >= 4 is 11.8 Å². The molecule has 2 saturated carbocycles. The zero-order chi connectivity index (χ0) is 9.59. The van der Waals surface area contributed by atoms with Crippen LogP contribution >= 0.6 is 0 Å². The van der Waals surface area contributed by atoms with E-state index in [-0.39, 0.29) is 29.5 Å².